The highest BCUT2D eigenvalue weighted by Gasteiger charge is 2.19. The molecule has 0 saturated carbocycles. The summed E-state index contributed by atoms with van der Waals surface area (Å²) >= 11 is 0. The molecule has 0 N–H and O–H groups in total. The topological polar surface area (TPSA) is 53.3 Å². The van der Waals surface area contributed by atoms with Gasteiger partial charge in [0.15, 0.2) is 0 Å². The van der Waals surface area contributed by atoms with Crippen LogP contribution in [0.15, 0.2) is 24.3 Å². The van der Waals surface area contributed by atoms with E-state index in [9.17, 15) is 4.79 Å². The largest absolute Gasteiger partial charge is 0.444 e. The minimum absolute atomic E-state index is 0.339. The van der Waals surface area contributed by atoms with Gasteiger partial charge in [-0.2, -0.15) is 5.26 Å². The van der Waals surface area contributed by atoms with Gasteiger partial charge >= 0.3 is 6.09 Å². The molecule has 0 spiro atoms. The Morgan fingerprint density at radius 3 is 2.26 bits per heavy atom. The van der Waals surface area contributed by atoms with E-state index >= 15 is 0 Å². The lowest BCUT2D eigenvalue weighted by atomic mass is 10.1. The van der Waals surface area contributed by atoms with Crippen LogP contribution in [0.2, 0.25) is 0 Å². The number of nitrogens with zero attached hydrogens (tertiary/aromatic N) is 2. The Kier molecular flexibility index (Phi) is 4.94. The van der Waals surface area contributed by atoms with Gasteiger partial charge in [0, 0.05) is 13.6 Å². The first-order chi connectivity index (χ1) is 8.81. The smallest absolute Gasteiger partial charge is 0.410 e. The number of benzene rings is 1. The highest BCUT2D eigenvalue weighted by atomic mass is 16.6. The summed E-state index contributed by atoms with van der Waals surface area (Å²) in [4.78, 5) is 13.3. The van der Waals surface area contributed by atoms with Crippen LogP contribution in [-0.2, 0) is 17.7 Å². The SMILES string of the molecule is CN(Cc1ccc(CC#N)cc1)C(=O)OC(C)(C)C. The summed E-state index contributed by atoms with van der Waals surface area (Å²) in [6, 6.07) is 9.76. The van der Waals surface area contributed by atoms with Crippen LogP contribution < -0.4 is 0 Å². The number of carbonyl (C=O) groups excluding carboxylic acids is 1. The second-order valence-electron chi connectivity index (χ2n) is 5.49. The van der Waals surface area contributed by atoms with Crippen LogP contribution in [0.5, 0.6) is 0 Å². The Morgan fingerprint density at radius 2 is 1.79 bits per heavy atom. The average Bonchev–Trinajstić information content (AvgIpc) is 2.29. The van der Waals surface area contributed by atoms with Gasteiger partial charge in [-0.15, -0.1) is 0 Å². The molecule has 102 valence electrons. The molecule has 0 aliphatic carbocycles. The lowest BCUT2D eigenvalue weighted by Gasteiger charge is -2.24. The first-order valence-electron chi connectivity index (χ1n) is 6.21. The molecule has 0 unspecified atom stereocenters. The van der Waals surface area contributed by atoms with Gasteiger partial charge in [0.1, 0.15) is 5.60 Å². The highest BCUT2D eigenvalue weighted by Crippen LogP contribution is 2.12. The molecule has 0 aromatic heterocycles. The lowest BCUT2D eigenvalue weighted by Crippen LogP contribution is -2.33. The molecule has 19 heavy (non-hydrogen) atoms. The molecule has 4 heteroatoms. The van der Waals surface area contributed by atoms with Crippen molar-refractivity contribution in [3.8, 4) is 6.07 Å². The van der Waals surface area contributed by atoms with Crippen LogP contribution in [0.1, 0.15) is 31.9 Å². The average molecular weight is 260 g/mol. The summed E-state index contributed by atoms with van der Waals surface area (Å²) in [7, 11) is 1.71. The normalized spacial score (nSPS) is 10.7. The molecule has 0 aliphatic rings. The molecule has 0 saturated heterocycles. The van der Waals surface area contributed by atoms with Gasteiger partial charge in [-0.3, -0.25) is 0 Å². The zero-order valence-corrected chi connectivity index (χ0v) is 11.9. The standard InChI is InChI=1S/C15H20N2O2/c1-15(2,3)19-14(18)17(4)11-13-7-5-12(6-8-13)9-10-16/h5-8H,9,11H2,1-4H3. The lowest BCUT2D eigenvalue weighted by molar-refractivity contribution is 0.0285. The van der Waals surface area contributed by atoms with E-state index in [1.807, 2.05) is 45.0 Å². The van der Waals surface area contributed by atoms with Crippen LogP contribution in [0.3, 0.4) is 0 Å². The predicted octanol–water partition coefficient (Wildman–Crippen LogP) is 3.12. The summed E-state index contributed by atoms with van der Waals surface area (Å²) < 4.78 is 5.28. The van der Waals surface area contributed by atoms with Crippen molar-refractivity contribution in [1.29, 1.82) is 5.26 Å². The van der Waals surface area contributed by atoms with Gasteiger partial charge in [-0.25, -0.2) is 4.79 Å². The highest BCUT2D eigenvalue weighted by molar-refractivity contribution is 5.67. The molecule has 0 atom stereocenters. The quantitative estimate of drug-likeness (QED) is 0.839. The summed E-state index contributed by atoms with van der Waals surface area (Å²) in [6.07, 6.45) is 0.0657. The summed E-state index contributed by atoms with van der Waals surface area (Å²) in [5.74, 6) is 0. The van der Waals surface area contributed by atoms with Gasteiger partial charge in [0.2, 0.25) is 0 Å². The van der Waals surface area contributed by atoms with E-state index < -0.39 is 5.60 Å². The Hall–Kier alpha value is -2.02. The Morgan fingerprint density at radius 1 is 1.26 bits per heavy atom. The van der Waals surface area contributed by atoms with Crippen LogP contribution in [0.4, 0.5) is 4.79 Å². The maximum Gasteiger partial charge on any atom is 0.410 e. The number of nitriles is 1. The van der Waals surface area contributed by atoms with Crippen molar-refractivity contribution in [3.63, 3.8) is 0 Å². The first kappa shape index (κ1) is 15.0. The minimum atomic E-state index is -0.484. The number of hydrogen-bond donors (Lipinski definition) is 0. The summed E-state index contributed by atoms with van der Waals surface area (Å²) in [5, 5.41) is 8.60. The van der Waals surface area contributed by atoms with Crippen LogP contribution in [0, 0.1) is 11.3 Å². The van der Waals surface area contributed by atoms with E-state index in [2.05, 4.69) is 6.07 Å². The van der Waals surface area contributed by atoms with Crippen LogP contribution >= 0.6 is 0 Å². The van der Waals surface area contributed by atoms with Crippen LogP contribution in [0.25, 0.3) is 0 Å². The maximum absolute atomic E-state index is 11.8. The van der Waals surface area contributed by atoms with Gasteiger partial charge < -0.3 is 9.64 Å². The summed E-state index contributed by atoms with van der Waals surface area (Å²) in [5.41, 5.74) is 1.50. The third kappa shape index (κ3) is 5.43. The zero-order chi connectivity index (χ0) is 14.5. The number of ether oxygens (including phenoxy) is 1. The molecule has 1 aromatic rings. The zero-order valence-electron chi connectivity index (χ0n) is 11.9. The second kappa shape index (κ2) is 6.24. The van der Waals surface area contributed by atoms with Gasteiger partial charge in [0.25, 0.3) is 0 Å². The van der Waals surface area contributed by atoms with Crippen molar-refractivity contribution in [3.05, 3.63) is 35.4 Å². The minimum Gasteiger partial charge on any atom is -0.444 e. The molecule has 1 amide bonds. The number of amides is 1. The molecule has 0 fully saturated rings. The molecule has 0 bridgehead atoms. The van der Waals surface area contributed by atoms with Crippen molar-refractivity contribution in [2.75, 3.05) is 7.05 Å². The number of carbonyl (C=O) groups is 1. The fourth-order valence-corrected chi connectivity index (χ4v) is 1.53. The Bertz CT molecular complexity index is 466. The molecule has 0 heterocycles. The van der Waals surface area contributed by atoms with E-state index in [4.69, 9.17) is 10.00 Å². The maximum atomic E-state index is 11.8. The van der Waals surface area contributed by atoms with E-state index in [1.54, 1.807) is 7.05 Å². The third-order valence-electron chi connectivity index (χ3n) is 2.43. The fraction of sp³-hybridized carbons (Fsp3) is 0.467. The van der Waals surface area contributed by atoms with Crippen molar-refractivity contribution in [1.82, 2.24) is 4.90 Å². The van der Waals surface area contributed by atoms with Crippen molar-refractivity contribution < 1.29 is 9.53 Å². The van der Waals surface area contributed by atoms with Gasteiger partial charge in [0.05, 0.1) is 12.5 Å². The number of hydrogen-bond acceptors (Lipinski definition) is 3. The number of rotatable bonds is 3. The van der Waals surface area contributed by atoms with Crippen LogP contribution in [-0.4, -0.2) is 23.6 Å². The molecular weight excluding hydrogens is 240 g/mol. The molecular formula is C15H20N2O2. The molecule has 1 rings (SSSR count). The first-order valence-corrected chi connectivity index (χ1v) is 6.21. The predicted molar refractivity (Wildman–Crippen MR) is 73.5 cm³/mol. The van der Waals surface area contributed by atoms with Crippen molar-refractivity contribution >= 4 is 6.09 Å². The Labute approximate surface area is 114 Å². The molecule has 0 aliphatic heterocycles. The monoisotopic (exact) mass is 260 g/mol. The molecule has 0 radical (unpaired) electrons. The summed E-state index contributed by atoms with van der Waals surface area (Å²) in [6.45, 7) is 6.02. The Balaban J connectivity index is 2.59. The van der Waals surface area contributed by atoms with Crippen molar-refractivity contribution in [2.45, 2.75) is 39.3 Å². The van der Waals surface area contributed by atoms with E-state index in [-0.39, 0.29) is 6.09 Å². The van der Waals surface area contributed by atoms with Gasteiger partial charge in [-0.1, -0.05) is 24.3 Å². The third-order valence-corrected chi connectivity index (χ3v) is 2.43. The van der Waals surface area contributed by atoms with Crippen molar-refractivity contribution in [2.24, 2.45) is 0 Å². The van der Waals surface area contributed by atoms with E-state index in [0.29, 0.717) is 13.0 Å². The van der Waals surface area contributed by atoms with E-state index in [0.717, 1.165) is 11.1 Å². The van der Waals surface area contributed by atoms with E-state index in [1.165, 1.54) is 4.90 Å². The molecule has 1 aromatic carbocycles. The van der Waals surface area contributed by atoms with Gasteiger partial charge in [-0.05, 0) is 31.9 Å². The fourth-order valence-electron chi connectivity index (χ4n) is 1.53. The second-order valence-corrected chi connectivity index (χ2v) is 5.49. The molecule has 4 nitrogen and oxygen atoms in total.